The third-order valence-corrected chi connectivity index (χ3v) is 3.38. The van der Waals surface area contributed by atoms with Gasteiger partial charge >= 0.3 is 5.97 Å². The minimum Gasteiger partial charge on any atom is -0.506 e. The molecule has 0 bridgehead atoms. The summed E-state index contributed by atoms with van der Waals surface area (Å²) < 4.78 is 5.23. The third-order valence-electron chi connectivity index (χ3n) is 3.08. The summed E-state index contributed by atoms with van der Waals surface area (Å²) in [6, 6.07) is 4.24. The summed E-state index contributed by atoms with van der Waals surface area (Å²) in [7, 11) is 0. The Morgan fingerprint density at radius 3 is 2.65 bits per heavy atom. The largest absolute Gasteiger partial charge is 0.506 e. The first kappa shape index (κ1) is 14.6. The van der Waals surface area contributed by atoms with Crippen LogP contribution in [0, 0.1) is 0 Å². The molecule has 1 heterocycles. The number of aromatic hydroxyl groups is 1. The molecule has 0 radical (unpaired) electrons. The van der Waals surface area contributed by atoms with Gasteiger partial charge in [-0.05, 0) is 25.1 Å². The molecule has 7 heteroatoms. The van der Waals surface area contributed by atoms with Crippen LogP contribution in [0.2, 0.25) is 5.02 Å². The van der Waals surface area contributed by atoms with E-state index in [1.165, 1.54) is 23.1 Å². The SMILES string of the molecule is CC1(OCC(=O)O)CN(C(=O)c2ccc(O)c(Cl)c2)C1. The van der Waals surface area contributed by atoms with E-state index in [1.54, 1.807) is 6.92 Å². The molecule has 1 amide bonds. The molecule has 0 aliphatic carbocycles. The zero-order valence-corrected chi connectivity index (χ0v) is 11.6. The van der Waals surface area contributed by atoms with Crippen LogP contribution in [0.3, 0.4) is 0 Å². The Morgan fingerprint density at radius 2 is 2.10 bits per heavy atom. The summed E-state index contributed by atoms with van der Waals surface area (Å²) in [5.74, 6) is -1.36. The summed E-state index contributed by atoms with van der Waals surface area (Å²) in [4.78, 5) is 24.1. The van der Waals surface area contributed by atoms with Crippen LogP contribution < -0.4 is 0 Å². The molecule has 20 heavy (non-hydrogen) atoms. The van der Waals surface area contributed by atoms with Crippen LogP contribution in [0.1, 0.15) is 17.3 Å². The molecule has 0 unspecified atom stereocenters. The Bertz CT molecular complexity index is 554. The number of rotatable bonds is 4. The van der Waals surface area contributed by atoms with Gasteiger partial charge in [0.25, 0.3) is 5.91 Å². The van der Waals surface area contributed by atoms with Crippen LogP contribution in [0.4, 0.5) is 0 Å². The number of hydrogen-bond donors (Lipinski definition) is 2. The maximum absolute atomic E-state index is 12.1. The molecule has 1 aromatic carbocycles. The monoisotopic (exact) mass is 299 g/mol. The topological polar surface area (TPSA) is 87.1 Å². The average Bonchev–Trinajstić information content (AvgIpc) is 2.35. The molecular formula is C13H14ClNO5. The van der Waals surface area contributed by atoms with Crippen molar-refractivity contribution in [1.82, 2.24) is 4.90 Å². The number of benzene rings is 1. The van der Waals surface area contributed by atoms with E-state index >= 15 is 0 Å². The van der Waals surface area contributed by atoms with Gasteiger partial charge in [-0.25, -0.2) is 4.79 Å². The van der Waals surface area contributed by atoms with Gasteiger partial charge in [-0.2, -0.15) is 0 Å². The normalized spacial score (nSPS) is 16.6. The van der Waals surface area contributed by atoms with Gasteiger partial charge in [-0.3, -0.25) is 4.79 Å². The van der Waals surface area contributed by atoms with E-state index in [-0.39, 0.29) is 23.3 Å². The molecule has 1 aromatic rings. The highest BCUT2D eigenvalue weighted by Gasteiger charge is 2.43. The highest BCUT2D eigenvalue weighted by molar-refractivity contribution is 6.32. The second-order valence-corrected chi connectivity index (χ2v) is 5.37. The van der Waals surface area contributed by atoms with Crippen molar-refractivity contribution in [2.45, 2.75) is 12.5 Å². The van der Waals surface area contributed by atoms with Crippen LogP contribution in [0.15, 0.2) is 18.2 Å². The van der Waals surface area contributed by atoms with Gasteiger partial charge in [0.2, 0.25) is 0 Å². The number of halogens is 1. The van der Waals surface area contributed by atoms with Crippen molar-refractivity contribution in [1.29, 1.82) is 0 Å². The van der Waals surface area contributed by atoms with E-state index in [0.29, 0.717) is 18.7 Å². The minimum atomic E-state index is -1.04. The molecule has 108 valence electrons. The number of nitrogens with zero attached hydrogens (tertiary/aromatic N) is 1. The van der Waals surface area contributed by atoms with Crippen molar-refractivity contribution in [3.8, 4) is 5.75 Å². The molecular weight excluding hydrogens is 286 g/mol. The number of amides is 1. The summed E-state index contributed by atoms with van der Waals surface area (Å²) >= 11 is 5.75. The van der Waals surface area contributed by atoms with Crippen molar-refractivity contribution >= 4 is 23.5 Å². The van der Waals surface area contributed by atoms with E-state index in [2.05, 4.69) is 0 Å². The highest BCUT2D eigenvalue weighted by Crippen LogP contribution is 2.29. The van der Waals surface area contributed by atoms with E-state index in [4.69, 9.17) is 21.4 Å². The lowest BCUT2D eigenvalue weighted by molar-refractivity contribution is -0.159. The van der Waals surface area contributed by atoms with Crippen LogP contribution in [-0.2, 0) is 9.53 Å². The molecule has 1 fully saturated rings. The maximum atomic E-state index is 12.1. The van der Waals surface area contributed by atoms with Gasteiger partial charge in [0.05, 0.1) is 18.1 Å². The smallest absolute Gasteiger partial charge is 0.329 e. The summed E-state index contributed by atoms with van der Waals surface area (Å²) in [6.45, 7) is 2.00. The number of carboxylic acids is 1. The highest BCUT2D eigenvalue weighted by atomic mass is 35.5. The van der Waals surface area contributed by atoms with Crippen molar-refractivity contribution in [2.75, 3.05) is 19.7 Å². The van der Waals surface area contributed by atoms with Gasteiger partial charge < -0.3 is 19.8 Å². The Balaban J connectivity index is 1.96. The van der Waals surface area contributed by atoms with Crippen LogP contribution in [-0.4, -0.2) is 52.3 Å². The first-order valence-electron chi connectivity index (χ1n) is 5.94. The zero-order valence-electron chi connectivity index (χ0n) is 10.8. The minimum absolute atomic E-state index is 0.0820. The first-order valence-corrected chi connectivity index (χ1v) is 6.32. The van der Waals surface area contributed by atoms with Crippen molar-refractivity contribution in [3.05, 3.63) is 28.8 Å². The fourth-order valence-corrected chi connectivity index (χ4v) is 2.24. The van der Waals surface area contributed by atoms with Gasteiger partial charge in [-0.1, -0.05) is 11.6 Å². The van der Waals surface area contributed by atoms with E-state index in [1.807, 2.05) is 0 Å². The quantitative estimate of drug-likeness (QED) is 0.876. The maximum Gasteiger partial charge on any atom is 0.329 e. The fraction of sp³-hybridized carbons (Fsp3) is 0.385. The fourth-order valence-electron chi connectivity index (χ4n) is 2.05. The third kappa shape index (κ3) is 3.02. The second kappa shape index (κ2) is 5.30. The number of ether oxygens (including phenoxy) is 1. The van der Waals surface area contributed by atoms with Crippen LogP contribution in [0.5, 0.6) is 5.75 Å². The van der Waals surface area contributed by atoms with E-state index < -0.39 is 11.6 Å². The molecule has 1 aliphatic heterocycles. The Kier molecular flexibility index (Phi) is 3.87. The molecule has 1 aliphatic rings. The van der Waals surface area contributed by atoms with Crippen molar-refractivity contribution in [2.24, 2.45) is 0 Å². The number of carbonyl (C=O) groups is 2. The van der Waals surface area contributed by atoms with Gasteiger partial charge in [0.15, 0.2) is 0 Å². The van der Waals surface area contributed by atoms with Crippen molar-refractivity contribution in [3.63, 3.8) is 0 Å². The number of phenolic OH excluding ortho intramolecular Hbond substituents is 1. The number of hydrogen-bond acceptors (Lipinski definition) is 4. The first-order chi connectivity index (χ1) is 9.31. The number of likely N-dealkylation sites (tertiary alicyclic amines) is 1. The standard InChI is InChI=1S/C13H14ClNO5/c1-13(20-5-11(17)18)6-15(7-13)12(19)8-2-3-10(16)9(14)4-8/h2-4,16H,5-7H2,1H3,(H,17,18). The lowest BCUT2D eigenvalue weighted by Crippen LogP contribution is -2.63. The predicted molar refractivity (Wildman–Crippen MR) is 71.0 cm³/mol. The summed E-state index contributed by atoms with van der Waals surface area (Å²) in [5, 5.41) is 18.0. The van der Waals surface area contributed by atoms with Crippen molar-refractivity contribution < 1.29 is 24.5 Å². The molecule has 0 atom stereocenters. The van der Waals surface area contributed by atoms with Gasteiger partial charge in [-0.15, -0.1) is 0 Å². The predicted octanol–water partition coefficient (Wildman–Crippen LogP) is 1.36. The average molecular weight is 300 g/mol. The molecule has 6 nitrogen and oxygen atoms in total. The van der Waals surface area contributed by atoms with E-state index in [0.717, 1.165) is 0 Å². The molecule has 2 N–H and O–H groups in total. The van der Waals surface area contributed by atoms with Crippen LogP contribution >= 0.6 is 11.6 Å². The molecule has 0 aromatic heterocycles. The van der Waals surface area contributed by atoms with Crippen LogP contribution in [0.25, 0.3) is 0 Å². The molecule has 2 rings (SSSR count). The number of carboxylic acid groups (broad SMARTS) is 1. The zero-order chi connectivity index (χ0) is 14.9. The molecule has 1 saturated heterocycles. The Morgan fingerprint density at radius 1 is 1.45 bits per heavy atom. The lowest BCUT2D eigenvalue weighted by atomic mass is 9.95. The molecule has 0 saturated carbocycles. The molecule has 0 spiro atoms. The van der Waals surface area contributed by atoms with E-state index in [9.17, 15) is 14.7 Å². The Labute approximate surface area is 120 Å². The van der Waals surface area contributed by atoms with Gasteiger partial charge in [0.1, 0.15) is 18.0 Å². The van der Waals surface area contributed by atoms with Gasteiger partial charge in [0, 0.05) is 5.56 Å². The Hall–Kier alpha value is -1.79. The summed E-state index contributed by atoms with van der Waals surface area (Å²) in [6.07, 6.45) is 0. The number of phenols is 1. The lowest BCUT2D eigenvalue weighted by Gasteiger charge is -2.47. The summed E-state index contributed by atoms with van der Waals surface area (Å²) in [5.41, 5.74) is -0.262. The number of aliphatic carboxylic acids is 1. The number of carbonyl (C=O) groups excluding carboxylic acids is 1. The second-order valence-electron chi connectivity index (χ2n) is 4.96.